The van der Waals surface area contributed by atoms with E-state index in [9.17, 15) is 0 Å². The number of aromatic nitrogens is 4. The van der Waals surface area contributed by atoms with Crippen LogP contribution in [0.2, 0.25) is 0 Å². The van der Waals surface area contributed by atoms with Crippen LogP contribution in [0.5, 0.6) is 0 Å². The Morgan fingerprint density at radius 1 is 0.346 bits per heavy atom. The van der Waals surface area contributed by atoms with E-state index in [1.165, 1.54) is 92.8 Å². The Bertz CT molecular complexity index is 3380. The molecule has 0 fully saturated rings. The van der Waals surface area contributed by atoms with E-state index in [-0.39, 0.29) is 5.56 Å². The molecule has 4 aromatic heterocycles. The first-order valence-corrected chi connectivity index (χ1v) is 29.2. The van der Waals surface area contributed by atoms with Gasteiger partial charge in [0.05, 0.1) is 0 Å². The van der Waals surface area contributed by atoms with Crippen molar-refractivity contribution in [2.45, 2.75) is 172 Å². The monoisotopic (exact) mass is 1050 g/mol. The van der Waals surface area contributed by atoms with Crippen LogP contribution in [0.3, 0.4) is 0 Å². The topological polar surface area (TPSA) is 15.5 Å². The number of aryl methyl sites for hydroxylation is 10. The molecular formula is C74H100N4+4. The quantitative estimate of drug-likeness (QED) is 0.0857. The van der Waals surface area contributed by atoms with E-state index in [4.69, 9.17) is 6.85 Å². The molecule has 0 spiro atoms. The van der Waals surface area contributed by atoms with Crippen molar-refractivity contribution in [3.05, 3.63) is 214 Å². The molecule has 0 amide bonds. The van der Waals surface area contributed by atoms with Gasteiger partial charge < -0.3 is 0 Å². The van der Waals surface area contributed by atoms with Crippen LogP contribution in [0.4, 0.5) is 0 Å². The molecule has 78 heavy (non-hydrogen) atoms. The number of rotatable bonds is 16. The summed E-state index contributed by atoms with van der Waals surface area (Å²) in [5.41, 5.74) is 21.1. The molecule has 0 N–H and O–H groups in total. The van der Waals surface area contributed by atoms with Gasteiger partial charge in [0.2, 0.25) is 22.8 Å². The van der Waals surface area contributed by atoms with Crippen LogP contribution in [0.25, 0.3) is 45.0 Å². The lowest BCUT2D eigenvalue weighted by molar-refractivity contribution is -0.661. The third kappa shape index (κ3) is 15.8. The van der Waals surface area contributed by atoms with Gasteiger partial charge in [-0.25, -0.2) is 18.3 Å². The van der Waals surface area contributed by atoms with Gasteiger partial charge in [0.1, 0.15) is 28.2 Å². The van der Waals surface area contributed by atoms with Crippen LogP contribution in [0, 0.1) is 41.5 Å². The molecule has 0 bridgehead atoms. The summed E-state index contributed by atoms with van der Waals surface area (Å²) in [7, 11) is 8.20. The number of hydrogen-bond acceptors (Lipinski definition) is 0. The van der Waals surface area contributed by atoms with E-state index in [0.717, 1.165) is 35.2 Å². The summed E-state index contributed by atoms with van der Waals surface area (Å²) in [5, 5.41) is 0. The predicted octanol–water partition coefficient (Wildman–Crippen LogP) is 18.2. The second-order valence-electron chi connectivity index (χ2n) is 21.3. The molecule has 0 aliphatic carbocycles. The normalized spacial score (nSPS) is 12.4. The van der Waals surface area contributed by atoms with Crippen molar-refractivity contribution in [1.29, 1.82) is 0 Å². The molecule has 0 aliphatic heterocycles. The van der Waals surface area contributed by atoms with Crippen LogP contribution >= 0.6 is 0 Å². The minimum atomic E-state index is -2.23. The molecule has 0 aliphatic rings. The first-order valence-electron chi connectivity index (χ1n) is 31.7. The van der Waals surface area contributed by atoms with E-state index < -0.39 is 18.6 Å². The second-order valence-corrected chi connectivity index (χ2v) is 21.3. The maximum atomic E-state index is 8.80. The zero-order valence-electron chi connectivity index (χ0n) is 56.1. The molecule has 4 aromatic carbocycles. The minimum Gasteiger partial charge on any atom is -0.201 e. The van der Waals surface area contributed by atoms with Crippen LogP contribution in [0.15, 0.2) is 158 Å². The van der Waals surface area contributed by atoms with Gasteiger partial charge in [-0.2, -0.15) is 0 Å². The summed E-state index contributed by atoms with van der Waals surface area (Å²) >= 11 is 0. The highest BCUT2D eigenvalue weighted by Crippen LogP contribution is 2.33. The Kier molecular flexibility index (Phi) is 21.5. The van der Waals surface area contributed by atoms with Crippen molar-refractivity contribution < 1.29 is 25.1 Å². The Balaban J connectivity index is 0.000000203. The molecule has 0 saturated carbocycles. The lowest BCUT2D eigenvalue weighted by Gasteiger charge is -2.16. The number of nitrogens with zero attached hydrogens (tertiary/aromatic N) is 4. The fraction of sp³-hybridized carbons (Fsp3) is 0.405. The fourth-order valence-corrected chi connectivity index (χ4v) is 11.1. The highest BCUT2D eigenvalue weighted by molar-refractivity contribution is 5.64. The van der Waals surface area contributed by atoms with E-state index in [1.807, 2.05) is 62.7 Å². The Hall–Kier alpha value is -6.52. The molecule has 412 valence electrons. The minimum absolute atomic E-state index is 0.279. The van der Waals surface area contributed by atoms with Crippen molar-refractivity contribution in [3.8, 4) is 45.0 Å². The molecule has 0 saturated heterocycles. The SMILES string of the molecule is CCC(CC)c1cc(-c2ccccc2C)[n+](C)cc1C.CCC(CC)c1cc[n+](C)c(-c2ccccc2C)c1.[2H]C(CC)(CC)c1cc[n+](C)c(-c2ccccc2C)c1.[2H]C([2H])([2H])c1c[n+](C)c(-c2ccccc2C)cc1C([2H])(CC)CC. The Morgan fingerprint density at radius 3 is 1.04 bits per heavy atom. The standard InChI is InChI=1S/2C19H26N.2C18H24N/c2*1-6-16(7-2)18-12-19(20(5)13-15(18)4)17-11-9-8-10-14(17)3;2*1-5-15(6-2)16-11-12-19(4)18(13-16)17-10-8-7-9-14(17)3/h2*8-13,16H,6-7H2,1-5H3;2*7-13,15H,5-6H2,1-4H3/q4*+1/i4D3,16D;;15D;. The molecule has 4 heterocycles. The summed E-state index contributed by atoms with van der Waals surface area (Å²) in [6.45, 7) is 25.7. The van der Waals surface area contributed by atoms with Crippen LogP contribution < -0.4 is 18.3 Å². The lowest BCUT2D eigenvalue weighted by atomic mass is 9.90. The molecule has 8 rings (SSSR count). The largest absolute Gasteiger partial charge is 0.212 e. The Labute approximate surface area is 482 Å². The van der Waals surface area contributed by atoms with Gasteiger partial charge in [-0.05, 0) is 185 Å². The first-order chi connectivity index (χ1) is 39.4. The zero-order valence-corrected chi connectivity index (χ0v) is 51.1. The number of benzene rings is 4. The summed E-state index contributed by atoms with van der Waals surface area (Å²) < 4.78 is 49.6. The maximum Gasteiger partial charge on any atom is 0.212 e. The summed E-state index contributed by atoms with van der Waals surface area (Å²) in [6.07, 6.45) is 15.9. The van der Waals surface area contributed by atoms with Crippen molar-refractivity contribution in [1.82, 2.24) is 0 Å². The average molecular weight is 1050 g/mol. The molecule has 0 unspecified atom stereocenters. The van der Waals surface area contributed by atoms with Crippen molar-refractivity contribution in [3.63, 3.8) is 0 Å². The lowest BCUT2D eigenvalue weighted by Crippen LogP contribution is -2.32. The third-order valence-corrected chi connectivity index (χ3v) is 16.2. The van der Waals surface area contributed by atoms with E-state index >= 15 is 0 Å². The maximum absolute atomic E-state index is 8.80. The molecule has 4 heteroatoms. The van der Waals surface area contributed by atoms with Gasteiger partial charge in [0.15, 0.2) is 24.8 Å². The van der Waals surface area contributed by atoms with Gasteiger partial charge in [-0.15, -0.1) is 0 Å². The summed E-state index contributed by atoms with van der Waals surface area (Å²) in [4.78, 5) is 0. The smallest absolute Gasteiger partial charge is 0.201 e. The first kappa shape index (κ1) is 54.8. The summed E-state index contributed by atoms with van der Waals surface area (Å²) in [6, 6.07) is 46.9. The predicted molar refractivity (Wildman–Crippen MR) is 334 cm³/mol. The zero-order chi connectivity index (χ0) is 61.4. The molecule has 8 aromatic rings. The van der Waals surface area contributed by atoms with Crippen LogP contribution in [-0.2, 0) is 28.2 Å². The fourth-order valence-electron chi connectivity index (χ4n) is 11.1. The van der Waals surface area contributed by atoms with Crippen molar-refractivity contribution in [2.75, 3.05) is 0 Å². The van der Waals surface area contributed by atoms with Crippen LogP contribution in [-0.4, -0.2) is 0 Å². The molecule has 0 atom stereocenters. The average Bonchev–Trinajstić information content (AvgIpc) is 3.67. The molecule has 4 nitrogen and oxygen atoms in total. The van der Waals surface area contributed by atoms with E-state index in [2.05, 4.69) is 226 Å². The van der Waals surface area contributed by atoms with Crippen molar-refractivity contribution in [2.24, 2.45) is 28.2 Å². The second kappa shape index (κ2) is 30.6. The van der Waals surface area contributed by atoms with Crippen LogP contribution in [0.1, 0.15) is 193 Å². The van der Waals surface area contributed by atoms with Gasteiger partial charge in [-0.1, -0.05) is 128 Å². The Morgan fingerprint density at radius 2 is 0.679 bits per heavy atom. The highest BCUT2D eigenvalue weighted by Gasteiger charge is 2.22. The van der Waals surface area contributed by atoms with Crippen molar-refractivity contribution >= 4 is 0 Å². The van der Waals surface area contributed by atoms with Gasteiger partial charge >= 0.3 is 0 Å². The van der Waals surface area contributed by atoms with E-state index in [1.54, 1.807) is 6.20 Å². The number of pyridine rings is 4. The van der Waals surface area contributed by atoms with E-state index in [0.29, 0.717) is 30.2 Å². The van der Waals surface area contributed by atoms with Gasteiger partial charge in [0.25, 0.3) is 0 Å². The number of hydrogen-bond donors (Lipinski definition) is 0. The third-order valence-electron chi connectivity index (χ3n) is 16.2. The molecular weight excluding hydrogens is 945 g/mol. The highest BCUT2D eigenvalue weighted by atomic mass is 14.9. The molecule has 0 radical (unpaired) electrons. The van der Waals surface area contributed by atoms with Gasteiger partial charge in [0, 0.05) is 76.6 Å². The summed E-state index contributed by atoms with van der Waals surface area (Å²) in [5.74, 6) is -0.0378. The van der Waals surface area contributed by atoms with Gasteiger partial charge in [-0.3, -0.25) is 0 Å².